The van der Waals surface area contributed by atoms with Crippen LogP contribution in [0.2, 0.25) is 0 Å². The minimum atomic E-state index is -1.21. The van der Waals surface area contributed by atoms with Crippen molar-refractivity contribution in [3.05, 3.63) is 12.1 Å². The highest BCUT2D eigenvalue weighted by molar-refractivity contribution is 6.02. The normalized spacial score (nSPS) is 9.63. The maximum Gasteiger partial charge on any atom is 0.312 e. The third-order valence-corrected chi connectivity index (χ3v) is 2.29. The largest absolute Gasteiger partial charge is 0.494 e. The van der Waals surface area contributed by atoms with E-state index in [1.54, 1.807) is 0 Å². The molecule has 0 spiro atoms. The van der Waals surface area contributed by atoms with Crippen molar-refractivity contribution in [1.82, 2.24) is 0 Å². The fourth-order valence-corrected chi connectivity index (χ4v) is 1.46. The molecule has 0 heterocycles. The summed E-state index contributed by atoms with van der Waals surface area (Å²) in [5.74, 6) is -0.684. The lowest BCUT2D eigenvalue weighted by molar-refractivity contribution is -0.139. The van der Waals surface area contributed by atoms with Crippen molar-refractivity contribution in [2.24, 2.45) is 0 Å². The summed E-state index contributed by atoms with van der Waals surface area (Å²) < 4.78 is 15.3. The Kier molecular flexibility index (Phi) is 4.99. The number of carboxylic acids is 1. The van der Waals surface area contributed by atoms with Gasteiger partial charge in [0.15, 0.2) is 11.5 Å². The number of rotatable bonds is 6. The number of benzene rings is 1. The van der Waals surface area contributed by atoms with Gasteiger partial charge in [0.25, 0.3) is 0 Å². The van der Waals surface area contributed by atoms with Gasteiger partial charge < -0.3 is 24.6 Å². The molecule has 7 heteroatoms. The molecule has 0 unspecified atom stereocenters. The van der Waals surface area contributed by atoms with Crippen LogP contribution in [0.5, 0.6) is 17.2 Å². The van der Waals surface area contributed by atoms with E-state index in [2.05, 4.69) is 5.32 Å². The topological polar surface area (TPSA) is 94.1 Å². The van der Waals surface area contributed by atoms with Crippen LogP contribution in [-0.4, -0.2) is 38.3 Å². The number of carbonyl (C=O) groups is 2. The first-order valence-corrected chi connectivity index (χ1v) is 5.33. The Labute approximate surface area is 110 Å². The molecule has 104 valence electrons. The number of methoxy groups -OCH3 is 3. The Morgan fingerprint density at radius 3 is 2.05 bits per heavy atom. The van der Waals surface area contributed by atoms with Gasteiger partial charge in [-0.15, -0.1) is 0 Å². The van der Waals surface area contributed by atoms with Gasteiger partial charge in [-0.1, -0.05) is 0 Å². The first-order valence-electron chi connectivity index (χ1n) is 5.33. The molecule has 19 heavy (non-hydrogen) atoms. The lowest BCUT2D eigenvalue weighted by atomic mass is 10.2. The molecule has 0 aliphatic heterocycles. The molecule has 0 aromatic heterocycles. The van der Waals surface area contributed by atoms with Gasteiger partial charge in [-0.2, -0.15) is 0 Å². The van der Waals surface area contributed by atoms with E-state index >= 15 is 0 Å². The smallest absolute Gasteiger partial charge is 0.312 e. The van der Waals surface area contributed by atoms with E-state index in [1.165, 1.54) is 33.5 Å². The van der Waals surface area contributed by atoms with Gasteiger partial charge in [0.05, 0.1) is 27.0 Å². The van der Waals surface area contributed by atoms with Crippen molar-refractivity contribution < 1.29 is 28.9 Å². The van der Waals surface area contributed by atoms with E-state index < -0.39 is 18.3 Å². The Hall–Kier alpha value is -2.44. The summed E-state index contributed by atoms with van der Waals surface area (Å²) >= 11 is 0. The number of amides is 1. The molecule has 0 saturated heterocycles. The van der Waals surface area contributed by atoms with Gasteiger partial charge in [-0.25, -0.2) is 0 Å². The van der Waals surface area contributed by atoms with Crippen LogP contribution in [0.15, 0.2) is 12.1 Å². The van der Waals surface area contributed by atoms with Crippen LogP contribution >= 0.6 is 0 Å². The van der Waals surface area contributed by atoms with Gasteiger partial charge in [-0.05, 0) is 0 Å². The average molecular weight is 269 g/mol. The summed E-state index contributed by atoms with van der Waals surface area (Å²) in [4.78, 5) is 21.9. The first kappa shape index (κ1) is 14.6. The summed E-state index contributed by atoms with van der Waals surface area (Å²) in [6, 6.07) is 3.03. The number of carboxylic acid groups (broad SMARTS) is 1. The molecular weight excluding hydrogens is 254 g/mol. The highest BCUT2D eigenvalue weighted by atomic mass is 16.5. The zero-order valence-electron chi connectivity index (χ0n) is 10.9. The van der Waals surface area contributed by atoms with Crippen LogP contribution < -0.4 is 19.5 Å². The van der Waals surface area contributed by atoms with Gasteiger partial charge in [0, 0.05) is 12.1 Å². The van der Waals surface area contributed by atoms with E-state index in [0.717, 1.165) is 0 Å². The number of ether oxygens (including phenoxy) is 3. The van der Waals surface area contributed by atoms with Gasteiger partial charge in [-0.3, -0.25) is 9.59 Å². The summed E-state index contributed by atoms with van der Waals surface area (Å²) in [5, 5.41) is 11.0. The van der Waals surface area contributed by atoms with Crippen LogP contribution in [0.4, 0.5) is 5.69 Å². The van der Waals surface area contributed by atoms with Crippen molar-refractivity contribution in [3.8, 4) is 17.2 Å². The summed E-state index contributed by atoms with van der Waals surface area (Å²) in [6.45, 7) is 0. The van der Waals surface area contributed by atoms with Crippen LogP contribution in [-0.2, 0) is 9.59 Å². The molecular formula is C12H15NO6. The lowest BCUT2D eigenvalue weighted by Gasteiger charge is -2.14. The number of hydrogen-bond acceptors (Lipinski definition) is 5. The highest BCUT2D eigenvalue weighted by Crippen LogP contribution is 2.37. The molecule has 7 nitrogen and oxygen atoms in total. The van der Waals surface area contributed by atoms with Gasteiger partial charge in [0.1, 0.15) is 12.2 Å². The molecule has 0 fully saturated rings. The SMILES string of the molecule is COc1cc(OC)c(OC)cc1NC(=O)CC(=O)O. The van der Waals surface area contributed by atoms with Crippen LogP contribution in [0.25, 0.3) is 0 Å². The van der Waals surface area contributed by atoms with Crippen molar-refractivity contribution >= 4 is 17.6 Å². The Morgan fingerprint density at radius 2 is 1.58 bits per heavy atom. The van der Waals surface area contributed by atoms with Crippen molar-refractivity contribution in [2.45, 2.75) is 6.42 Å². The van der Waals surface area contributed by atoms with Gasteiger partial charge >= 0.3 is 5.97 Å². The van der Waals surface area contributed by atoms with Crippen molar-refractivity contribution in [2.75, 3.05) is 26.6 Å². The van der Waals surface area contributed by atoms with Crippen molar-refractivity contribution in [3.63, 3.8) is 0 Å². The second-order valence-corrected chi connectivity index (χ2v) is 3.53. The summed E-state index contributed by atoms with van der Waals surface area (Å²) in [5.41, 5.74) is 0.311. The zero-order valence-corrected chi connectivity index (χ0v) is 10.9. The number of hydrogen-bond donors (Lipinski definition) is 2. The molecule has 0 bridgehead atoms. The minimum absolute atomic E-state index is 0.311. The molecule has 0 saturated carbocycles. The quantitative estimate of drug-likeness (QED) is 0.752. The number of anilines is 1. The number of aliphatic carboxylic acids is 1. The average Bonchev–Trinajstić information content (AvgIpc) is 2.37. The zero-order chi connectivity index (χ0) is 14.4. The van der Waals surface area contributed by atoms with Crippen LogP contribution in [0.1, 0.15) is 6.42 Å². The minimum Gasteiger partial charge on any atom is -0.494 e. The third kappa shape index (κ3) is 3.77. The lowest BCUT2D eigenvalue weighted by Crippen LogP contribution is -2.16. The molecule has 0 radical (unpaired) electrons. The Morgan fingerprint density at radius 1 is 1.05 bits per heavy atom. The maximum absolute atomic E-state index is 11.4. The second-order valence-electron chi connectivity index (χ2n) is 3.53. The van der Waals surface area contributed by atoms with E-state index in [0.29, 0.717) is 22.9 Å². The van der Waals surface area contributed by atoms with E-state index in [4.69, 9.17) is 19.3 Å². The summed E-state index contributed by atoms with van der Waals surface area (Å²) in [7, 11) is 4.35. The monoisotopic (exact) mass is 269 g/mol. The number of nitrogens with one attached hydrogen (secondary N) is 1. The Balaban J connectivity index is 3.05. The maximum atomic E-state index is 11.4. The fourth-order valence-electron chi connectivity index (χ4n) is 1.46. The summed E-state index contributed by atoms with van der Waals surface area (Å²) in [6.07, 6.45) is -0.627. The fraction of sp³-hybridized carbons (Fsp3) is 0.333. The second kappa shape index (κ2) is 6.48. The number of carbonyl (C=O) groups excluding carboxylic acids is 1. The first-order chi connectivity index (χ1) is 9.01. The van der Waals surface area contributed by atoms with Crippen LogP contribution in [0, 0.1) is 0 Å². The molecule has 1 rings (SSSR count). The predicted octanol–water partition coefficient (Wildman–Crippen LogP) is 1.13. The molecule has 1 aromatic carbocycles. The molecule has 1 aromatic rings. The molecule has 0 aliphatic carbocycles. The van der Waals surface area contributed by atoms with E-state index in [1.807, 2.05) is 0 Å². The standard InChI is InChI=1S/C12H15NO6/c1-17-8-5-10(19-3)9(18-2)4-7(8)13-11(14)6-12(15)16/h4-5H,6H2,1-3H3,(H,13,14)(H,15,16). The van der Waals surface area contributed by atoms with Crippen molar-refractivity contribution in [1.29, 1.82) is 0 Å². The molecule has 0 atom stereocenters. The third-order valence-electron chi connectivity index (χ3n) is 2.29. The molecule has 1 amide bonds. The predicted molar refractivity (Wildman–Crippen MR) is 67.0 cm³/mol. The molecule has 0 aliphatic rings. The van der Waals surface area contributed by atoms with Gasteiger partial charge in [0.2, 0.25) is 5.91 Å². The van der Waals surface area contributed by atoms with E-state index in [9.17, 15) is 9.59 Å². The van der Waals surface area contributed by atoms with Crippen LogP contribution in [0.3, 0.4) is 0 Å². The highest BCUT2D eigenvalue weighted by Gasteiger charge is 2.15. The van der Waals surface area contributed by atoms with E-state index in [-0.39, 0.29) is 0 Å². The Bertz CT molecular complexity index is 485. The molecule has 2 N–H and O–H groups in total.